The fraction of sp³-hybridized carbons (Fsp3) is 0.483. The molecule has 1 saturated carbocycles. The largest absolute Gasteiger partial charge is 0.354 e. The Morgan fingerprint density at radius 1 is 1.05 bits per heavy atom. The second-order valence-electron chi connectivity index (χ2n) is 10.8. The van der Waals surface area contributed by atoms with Gasteiger partial charge in [0.15, 0.2) is 5.82 Å². The Bertz CT molecular complexity index is 1420. The molecule has 0 radical (unpaired) electrons. The highest BCUT2D eigenvalue weighted by molar-refractivity contribution is 7.15. The van der Waals surface area contributed by atoms with Crippen molar-refractivity contribution in [3.05, 3.63) is 62.5 Å². The maximum absolute atomic E-state index is 13.1. The number of nitrogens with zero attached hydrogens (tertiary/aromatic N) is 4. The van der Waals surface area contributed by atoms with Crippen molar-refractivity contribution < 1.29 is 9.59 Å². The van der Waals surface area contributed by atoms with E-state index >= 15 is 0 Å². The summed E-state index contributed by atoms with van der Waals surface area (Å²) in [6, 6.07) is 7.11. The van der Waals surface area contributed by atoms with E-state index in [0.29, 0.717) is 23.9 Å². The van der Waals surface area contributed by atoms with Crippen LogP contribution < -0.4 is 10.6 Å². The summed E-state index contributed by atoms with van der Waals surface area (Å²) < 4.78 is 2.04. The second kappa shape index (κ2) is 11.2. The van der Waals surface area contributed by atoms with Crippen LogP contribution in [0.4, 0.5) is 0 Å². The Morgan fingerprint density at radius 3 is 2.46 bits per heavy atom. The van der Waals surface area contributed by atoms with Crippen LogP contribution in [0, 0.1) is 26.2 Å². The van der Waals surface area contributed by atoms with Crippen LogP contribution in [0.5, 0.6) is 0 Å². The van der Waals surface area contributed by atoms with Gasteiger partial charge in [0, 0.05) is 39.5 Å². The van der Waals surface area contributed by atoms with Gasteiger partial charge in [-0.15, -0.1) is 21.5 Å². The summed E-state index contributed by atoms with van der Waals surface area (Å²) >= 11 is 7.86. The zero-order valence-corrected chi connectivity index (χ0v) is 24.5. The Kier molecular flexibility index (Phi) is 7.91. The van der Waals surface area contributed by atoms with E-state index in [0.717, 1.165) is 58.9 Å². The SMILES string of the molecule is Cc1sc2c(c1C)C(c1ccc(Cl)cc1)=N[C@@H](CC(=O)NCCNC(=O)C1(C)CCCCC1)c1nnc(C)n1-2. The van der Waals surface area contributed by atoms with Gasteiger partial charge in [0.1, 0.15) is 16.9 Å². The van der Waals surface area contributed by atoms with Crippen LogP contribution in [0.15, 0.2) is 29.3 Å². The van der Waals surface area contributed by atoms with Crippen molar-refractivity contribution in [1.82, 2.24) is 25.4 Å². The average Bonchev–Trinajstić information content (AvgIpc) is 3.39. The molecule has 1 aliphatic heterocycles. The molecular weight excluding hydrogens is 532 g/mol. The van der Waals surface area contributed by atoms with Crippen LogP contribution in [0.2, 0.25) is 5.02 Å². The number of thiophene rings is 1. The molecule has 0 bridgehead atoms. The van der Waals surface area contributed by atoms with Crippen LogP contribution in [0.1, 0.15) is 84.7 Å². The van der Waals surface area contributed by atoms with Crippen molar-refractivity contribution in [1.29, 1.82) is 0 Å². The maximum Gasteiger partial charge on any atom is 0.225 e. The first-order valence-corrected chi connectivity index (χ1v) is 14.8. The van der Waals surface area contributed by atoms with Gasteiger partial charge in [0.25, 0.3) is 0 Å². The van der Waals surface area contributed by atoms with Gasteiger partial charge in [-0.25, -0.2) is 0 Å². The van der Waals surface area contributed by atoms with Gasteiger partial charge >= 0.3 is 0 Å². The lowest BCUT2D eigenvalue weighted by Crippen LogP contribution is -2.43. The summed E-state index contributed by atoms with van der Waals surface area (Å²) in [5.74, 6) is 1.33. The molecule has 1 atom stereocenters. The van der Waals surface area contributed by atoms with Gasteiger partial charge in [-0.1, -0.05) is 49.9 Å². The zero-order valence-electron chi connectivity index (χ0n) is 22.9. The van der Waals surface area contributed by atoms with E-state index in [2.05, 4.69) is 34.7 Å². The maximum atomic E-state index is 13.1. The Hall–Kier alpha value is -3.04. The van der Waals surface area contributed by atoms with Crippen LogP contribution in [0.3, 0.4) is 0 Å². The van der Waals surface area contributed by atoms with E-state index in [1.54, 1.807) is 11.3 Å². The molecular formula is C29H35ClN6O2S. The first-order chi connectivity index (χ1) is 18.7. The van der Waals surface area contributed by atoms with Crippen molar-refractivity contribution in [3.63, 3.8) is 0 Å². The fourth-order valence-electron chi connectivity index (χ4n) is 5.53. The lowest BCUT2D eigenvalue weighted by molar-refractivity contribution is -0.132. The summed E-state index contributed by atoms with van der Waals surface area (Å²) in [6.45, 7) is 8.93. The van der Waals surface area contributed by atoms with Gasteiger partial charge in [-0.05, 0) is 51.3 Å². The van der Waals surface area contributed by atoms with Gasteiger partial charge < -0.3 is 10.6 Å². The number of hydrogen-bond acceptors (Lipinski definition) is 6. The Labute approximate surface area is 238 Å². The number of carbonyl (C=O) groups is 2. The van der Waals surface area contributed by atoms with Crippen LogP contribution in [-0.4, -0.2) is 45.4 Å². The molecule has 1 aromatic carbocycles. The first kappa shape index (κ1) is 27.5. The molecule has 1 fully saturated rings. The fourth-order valence-corrected chi connectivity index (χ4v) is 6.87. The standard InChI is InChI=1S/C29H35ClN6O2S/c1-17-18(2)39-27-24(17)25(20-8-10-21(30)11-9-20)33-22(26-35-34-19(3)36(26)27)16-23(37)31-14-15-32-28(38)29(4)12-6-5-7-13-29/h8-11,22H,5-7,12-16H2,1-4H3,(H,31,37)(H,32,38)/t22-/m0/s1. The summed E-state index contributed by atoms with van der Waals surface area (Å²) in [4.78, 5) is 32.2. The zero-order chi connectivity index (χ0) is 27.7. The number of aromatic nitrogens is 3. The monoisotopic (exact) mass is 566 g/mol. The van der Waals surface area contributed by atoms with Crippen LogP contribution >= 0.6 is 22.9 Å². The summed E-state index contributed by atoms with van der Waals surface area (Å²) in [7, 11) is 0. The molecule has 2 N–H and O–H groups in total. The third-order valence-electron chi connectivity index (χ3n) is 7.97. The quantitative estimate of drug-likeness (QED) is 0.374. The lowest BCUT2D eigenvalue weighted by atomic mass is 9.75. The van der Waals surface area contributed by atoms with Gasteiger partial charge in [0.05, 0.1) is 12.1 Å². The minimum absolute atomic E-state index is 0.0813. The van der Waals surface area contributed by atoms with Crippen molar-refractivity contribution in [3.8, 4) is 5.00 Å². The molecule has 10 heteroatoms. The third-order valence-corrected chi connectivity index (χ3v) is 9.42. The Morgan fingerprint density at radius 2 is 1.74 bits per heavy atom. The van der Waals surface area contributed by atoms with Crippen molar-refractivity contribution in [2.45, 2.75) is 72.3 Å². The number of nitrogens with one attached hydrogen (secondary N) is 2. The second-order valence-corrected chi connectivity index (χ2v) is 12.5. The number of rotatable bonds is 7. The molecule has 3 heterocycles. The van der Waals surface area contributed by atoms with E-state index < -0.39 is 6.04 Å². The molecule has 0 saturated heterocycles. The molecule has 39 heavy (non-hydrogen) atoms. The number of carbonyl (C=O) groups excluding carboxylic acids is 2. The highest BCUT2D eigenvalue weighted by Crippen LogP contribution is 2.39. The molecule has 8 nitrogen and oxygen atoms in total. The van der Waals surface area contributed by atoms with E-state index in [-0.39, 0.29) is 23.7 Å². The van der Waals surface area contributed by atoms with E-state index in [9.17, 15) is 9.59 Å². The topological polar surface area (TPSA) is 101 Å². The normalized spacial score (nSPS) is 18.0. The van der Waals surface area contributed by atoms with Crippen LogP contribution in [0.25, 0.3) is 5.00 Å². The lowest BCUT2D eigenvalue weighted by Gasteiger charge is -2.32. The van der Waals surface area contributed by atoms with Gasteiger partial charge in [-0.3, -0.25) is 19.1 Å². The van der Waals surface area contributed by atoms with Gasteiger partial charge in [-0.2, -0.15) is 0 Å². The highest BCUT2D eigenvalue weighted by Gasteiger charge is 2.34. The van der Waals surface area contributed by atoms with Gasteiger partial charge in [0.2, 0.25) is 11.8 Å². The summed E-state index contributed by atoms with van der Waals surface area (Å²) in [5.41, 5.74) is 3.63. The number of amides is 2. The summed E-state index contributed by atoms with van der Waals surface area (Å²) in [6.07, 6.45) is 5.35. The number of aryl methyl sites for hydroxylation is 2. The molecule has 5 rings (SSSR count). The molecule has 0 spiro atoms. The minimum Gasteiger partial charge on any atom is -0.354 e. The molecule has 2 amide bonds. The summed E-state index contributed by atoms with van der Waals surface area (Å²) in [5, 5.41) is 16.5. The molecule has 206 valence electrons. The van der Waals surface area contributed by atoms with E-state index in [1.165, 1.54) is 11.3 Å². The van der Waals surface area contributed by atoms with Crippen molar-refractivity contribution >= 4 is 40.5 Å². The highest BCUT2D eigenvalue weighted by atomic mass is 35.5. The number of hydrogen-bond donors (Lipinski definition) is 2. The third kappa shape index (κ3) is 5.52. The molecule has 2 aromatic heterocycles. The smallest absolute Gasteiger partial charge is 0.225 e. The average molecular weight is 567 g/mol. The number of halogens is 1. The molecule has 1 aliphatic carbocycles. The van der Waals surface area contributed by atoms with Crippen LogP contribution in [-0.2, 0) is 9.59 Å². The number of aliphatic imine (C=N–C) groups is 1. The number of benzene rings is 1. The van der Waals surface area contributed by atoms with E-state index in [4.69, 9.17) is 16.6 Å². The Balaban J connectivity index is 1.35. The molecule has 2 aliphatic rings. The minimum atomic E-state index is -0.521. The number of fused-ring (bicyclic) bond motifs is 3. The predicted molar refractivity (Wildman–Crippen MR) is 155 cm³/mol. The predicted octanol–water partition coefficient (Wildman–Crippen LogP) is 5.39. The van der Waals surface area contributed by atoms with E-state index in [1.807, 2.05) is 42.7 Å². The molecule has 0 unspecified atom stereocenters. The van der Waals surface area contributed by atoms with Crippen molar-refractivity contribution in [2.24, 2.45) is 10.4 Å². The van der Waals surface area contributed by atoms with Crippen molar-refractivity contribution in [2.75, 3.05) is 13.1 Å². The first-order valence-electron chi connectivity index (χ1n) is 13.6. The molecule has 3 aromatic rings.